The Morgan fingerprint density at radius 1 is 1.05 bits per heavy atom. The number of fused-ring (bicyclic) bond motifs is 1. The quantitative estimate of drug-likeness (QED) is 0.872. The standard InChI is InChI=1S/C19H23NO/c1-13(2)19(14-7-4-3-5-8-14)20-17-12-11-16-15(17)9-6-10-18(16)21/h3-10,13,17,19-21H,11-12H2,1-2H3. The van der Waals surface area contributed by atoms with Gasteiger partial charge in [0, 0.05) is 12.1 Å². The van der Waals surface area contributed by atoms with Gasteiger partial charge in [-0.05, 0) is 41.5 Å². The maximum absolute atomic E-state index is 9.98. The fraction of sp³-hybridized carbons (Fsp3) is 0.368. The van der Waals surface area contributed by atoms with E-state index in [1.807, 2.05) is 6.07 Å². The predicted molar refractivity (Wildman–Crippen MR) is 86.3 cm³/mol. The second-order valence-electron chi connectivity index (χ2n) is 6.24. The molecule has 2 nitrogen and oxygen atoms in total. The Morgan fingerprint density at radius 3 is 2.52 bits per heavy atom. The SMILES string of the molecule is CC(C)C(NC1CCc2c(O)cccc21)c1ccccc1. The third-order valence-corrected chi connectivity index (χ3v) is 4.45. The van der Waals surface area contributed by atoms with Crippen LogP contribution in [0.2, 0.25) is 0 Å². The summed E-state index contributed by atoms with van der Waals surface area (Å²) in [5.41, 5.74) is 3.71. The van der Waals surface area contributed by atoms with Crippen LogP contribution in [-0.4, -0.2) is 5.11 Å². The van der Waals surface area contributed by atoms with E-state index in [-0.39, 0.29) is 0 Å². The summed E-state index contributed by atoms with van der Waals surface area (Å²) in [5, 5.41) is 13.8. The first kappa shape index (κ1) is 14.2. The van der Waals surface area contributed by atoms with Crippen molar-refractivity contribution in [2.75, 3.05) is 0 Å². The molecule has 0 aromatic heterocycles. The van der Waals surface area contributed by atoms with Crippen LogP contribution in [0, 0.1) is 5.92 Å². The van der Waals surface area contributed by atoms with Crippen LogP contribution in [0.3, 0.4) is 0 Å². The molecular weight excluding hydrogens is 258 g/mol. The minimum atomic E-state index is 0.333. The first-order chi connectivity index (χ1) is 10.2. The fourth-order valence-corrected chi connectivity index (χ4v) is 3.36. The van der Waals surface area contributed by atoms with Gasteiger partial charge in [0.15, 0.2) is 0 Å². The van der Waals surface area contributed by atoms with E-state index < -0.39 is 0 Å². The molecule has 0 fully saturated rings. The van der Waals surface area contributed by atoms with Gasteiger partial charge in [-0.25, -0.2) is 0 Å². The molecule has 0 amide bonds. The molecule has 0 bridgehead atoms. The van der Waals surface area contributed by atoms with Crippen LogP contribution >= 0.6 is 0 Å². The fourth-order valence-electron chi connectivity index (χ4n) is 3.36. The normalized spacial score (nSPS) is 18.7. The molecule has 0 saturated heterocycles. The summed E-state index contributed by atoms with van der Waals surface area (Å²) in [6.07, 6.45) is 2.02. The minimum Gasteiger partial charge on any atom is -0.508 e. The molecule has 1 aliphatic carbocycles. The summed E-state index contributed by atoms with van der Waals surface area (Å²) in [6.45, 7) is 4.51. The van der Waals surface area contributed by atoms with Crippen molar-refractivity contribution in [1.82, 2.24) is 5.32 Å². The number of phenolic OH excluding ortho intramolecular Hbond substituents is 1. The summed E-state index contributed by atoms with van der Waals surface area (Å²) >= 11 is 0. The van der Waals surface area contributed by atoms with Crippen LogP contribution < -0.4 is 5.32 Å². The topological polar surface area (TPSA) is 32.3 Å². The summed E-state index contributed by atoms with van der Waals surface area (Å²) < 4.78 is 0. The largest absolute Gasteiger partial charge is 0.508 e. The zero-order valence-corrected chi connectivity index (χ0v) is 12.7. The minimum absolute atomic E-state index is 0.333. The van der Waals surface area contributed by atoms with E-state index in [1.165, 1.54) is 11.1 Å². The van der Waals surface area contributed by atoms with Gasteiger partial charge in [-0.1, -0.05) is 56.3 Å². The molecule has 0 heterocycles. The number of benzene rings is 2. The summed E-state index contributed by atoms with van der Waals surface area (Å²) in [6, 6.07) is 17.2. The molecule has 0 aliphatic heterocycles. The molecule has 0 spiro atoms. The molecular formula is C19H23NO. The third kappa shape index (κ3) is 2.81. The molecule has 1 aliphatic rings. The average Bonchev–Trinajstić information content (AvgIpc) is 2.90. The second kappa shape index (κ2) is 5.90. The maximum Gasteiger partial charge on any atom is 0.119 e. The van der Waals surface area contributed by atoms with Crippen LogP contribution in [0.15, 0.2) is 48.5 Å². The lowest BCUT2D eigenvalue weighted by Crippen LogP contribution is -2.28. The maximum atomic E-state index is 9.98. The summed E-state index contributed by atoms with van der Waals surface area (Å²) in [5.74, 6) is 0.964. The Bertz CT molecular complexity index is 606. The Balaban J connectivity index is 1.85. The van der Waals surface area contributed by atoms with Gasteiger partial charge >= 0.3 is 0 Å². The molecule has 2 aromatic carbocycles. The number of hydrogen-bond donors (Lipinski definition) is 2. The van der Waals surface area contributed by atoms with Crippen molar-refractivity contribution < 1.29 is 5.11 Å². The molecule has 2 N–H and O–H groups in total. The number of rotatable bonds is 4. The highest BCUT2D eigenvalue weighted by atomic mass is 16.3. The number of phenols is 1. The third-order valence-electron chi connectivity index (χ3n) is 4.45. The van der Waals surface area contributed by atoms with Crippen molar-refractivity contribution in [3.05, 3.63) is 65.2 Å². The van der Waals surface area contributed by atoms with Crippen LogP contribution in [0.1, 0.15) is 49.0 Å². The van der Waals surface area contributed by atoms with E-state index in [1.54, 1.807) is 6.07 Å². The summed E-state index contributed by atoms with van der Waals surface area (Å²) in [4.78, 5) is 0. The van der Waals surface area contributed by atoms with Crippen molar-refractivity contribution in [2.45, 2.75) is 38.8 Å². The van der Waals surface area contributed by atoms with Gasteiger partial charge in [-0.15, -0.1) is 0 Å². The highest BCUT2D eigenvalue weighted by Crippen LogP contribution is 2.38. The highest BCUT2D eigenvalue weighted by Gasteiger charge is 2.28. The van der Waals surface area contributed by atoms with Crippen molar-refractivity contribution in [3.8, 4) is 5.75 Å². The Kier molecular flexibility index (Phi) is 3.98. The first-order valence-corrected chi connectivity index (χ1v) is 7.78. The van der Waals surface area contributed by atoms with Crippen LogP contribution in [-0.2, 0) is 6.42 Å². The lowest BCUT2D eigenvalue weighted by molar-refractivity contribution is 0.361. The zero-order chi connectivity index (χ0) is 14.8. The van der Waals surface area contributed by atoms with Crippen LogP contribution in [0.25, 0.3) is 0 Å². The number of nitrogens with one attached hydrogen (secondary N) is 1. The van der Waals surface area contributed by atoms with Crippen LogP contribution in [0.4, 0.5) is 0 Å². The molecule has 0 radical (unpaired) electrons. The van der Waals surface area contributed by atoms with Crippen molar-refractivity contribution in [3.63, 3.8) is 0 Å². The van der Waals surface area contributed by atoms with E-state index in [4.69, 9.17) is 0 Å². The molecule has 110 valence electrons. The molecule has 21 heavy (non-hydrogen) atoms. The zero-order valence-electron chi connectivity index (χ0n) is 12.7. The lowest BCUT2D eigenvalue weighted by atomic mass is 9.94. The molecule has 2 heteroatoms. The average molecular weight is 281 g/mol. The first-order valence-electron chi connectivity index (χ1n) is 7.78. The summed E-state index contributed by atoms with van der Waals surface area (Å²) in [7, 11) is 0. The van der Waals surface area contributed by atoms with Gasteiger partial charge in [-0.2, -0.15) is 0 Å². The van der Waals surface area contributed by atoms with E-state index in [9.17, 15) is 5.11 Å². The lowest BCUT2D eigenvalue weighted by Gasteiger charge is -2.27. The van der Waals surface area contributed by atoms with Crippen molar-refractivity contribution >= 4 is 0 Å². The van der Waals surface area contributed by atoms with E-state index in [0.717, 1.165) is 18.4 Å². The van der Waals surface area contributed by atoms with E-state index >= 15 is 0 Å². The smallest absolute Gasteiger partial charge is 0.119 e. The van der Waals surface area contributed by atoms with Gasteiger partial charge in [-0.3, -0.25) is 0 Å². The van der Waals surface area contributed by atoms with Crippen molar-refractivity contribution in [2.24, 2.45) is 5.92 Å². The van der Waals surface area contributed by atoms with Crippen LogP contribution in [0.5, 0.6) is 5.75 Å². The van der Waals surface area contributed by atoms with Crippen molar-refractivity contribution in [1.29, 1.82) is 0 Å². The molecule has 2 atom stereocenters. The Labute approximate surface area is 126 Å². The number of hydrogen-bond acceptors (Lipinski definition) is 2. The van der Waals surface area contributed by atoms with Gasteiger partial charge in [0.05, 0.1) is 0 Å². The predicted octanol–water partition coefficient (Wildman–Crippen LogP) is 4.37. The van der Waals surface area contributed by atoms with Gasteiger partial charge < -0.3 is 10.4 Å². The van der Waals surface area contributed by atoms with Gasteiger partial charge in [0.1, 0.15) is 5.75 Å². The molecule has 0 saturated carbocycles. The molecule has 3 rings (SSSR count). The second-order valence-corrected chi connectivity index (χ2v) is 6.24. The van der Waals surface area contributed by atoms with Gasteiger partial charge in [0.25, 0.3) is 0 Å². The van der Waals surface area contributed by atoms with E-state index in [0.29, 0.717) is 23.8 Å². The number of aromatic hydroxyl groups is 1. The van der Waals surface area contributed by atoms with E-state index in [2.05, 4.69) is 55.6 Å². The monoisotopic (exact) mass is 281 g/mol. The van der Waals surface area contributed by atoms with Gasteiger partial charge in [0.2, 0.25) is 0 Å². The Hall–Kier alpha value is -1.80. The molecule has 2 aromatic rings. The molecule has 2 unspecified atom stereocenters. The highest BCUT2D eigenvalue weighted by molar-refractivity contribution is 5.44. The Morgan fingerprint density at radius 2 is 1.81 bits per heavy atom.